The molecule has 0 heterocycles. The standard InChI is InChI=1S/C10H20O2S/c1-8(7-13(5)12)6-9(11)10(2,3)4/h8H,6-7H2,1-5H3/t8-,13?/m0/s1. The molecule has 0 rings (SSSR count). The van der Waals surface area contributed by atoms with E-state index in [1.165, 1.54) is 0 Å². The van der Waals surface area contributed by atoms with Gasteiger partial charge in [-0.25, -0.2) is 0 Å². The van der Waals surface area contributed by atoms with Crippen LogP contribution >= 0.6 is 0 Å². The second-order valence-electron chi connectivity index (χ2n) is 4.72. The van der Waals surface area contributed by atoms with Gasteiger partial charge in [-0.3, -0.25) is 9.00 Å². The molecule has 3 heteroatoms. The van der Waals surface area contributed by atoms with Crippen molar-refractivity contribution in [2.24, 2.45) is 11.3 Å². The molecule has 0 spiro atoms. The first-order chi connectivity index (χ1) is 5.73. The van der Waals surface area contributed by atoms with Crippen LogP contribution in [0.1, 0.15) is 34.1 Å². The molecule has 0 aromatic heterocycles. The van der Waals surface area contributed by atoms with Crippen LogP contribution in [0, 0.1) is 11.3 Å². The van der Waals surface area contributed by atoms with E-state index in [0.717, 1.165) is 0 Å². The lowest BCUT2D eigenvalue weighted by molar-refractivity contribution is -0.126. The molecule has 13 heavy (non-hydrogen) atoms. The summed E-state index contributed by atoms with van der Waals surface area (Å²) in [5.41, 5.74) is -0.260. The third-order valence-corrected chi connectivity index (χ3v) is 2.93. The highest BCUT2D eigenvalue weighted by Gasteiger charge is 2.23. The zero-order valence-corrected chi connectivity index (χ0v) is 10.0. The van der Waals surface area contributed by atoms with Gasteiger partial charge in [0.15, 0.2) is 0 Å². The second kappa shape index (κ2) is 4.89. The van der Waals surface area contributed by atoms with Crippen molar-refractivity contribution in [3.8, 4) is 0 Å². The molecule has 0 bridgehead atoms. The number of rotatable bonds is 4. The number of carbonyl (C=O) groups is 1. The van der Waals surface area contributed by atoms with E-state index in [2.05, 4.69) is 0 Å². The van der Waals surface area contributed by atoms with Crippen LogP contribution in [0.4, 0.5) is 0 Å². The summed E-state index contributed by atoms with van der Waals surface area (Å²) in [7, 11) is -0.791. The lowest BCUT2D eigenvalue weighted by Gasteiger charge is -2.18. The van der Waals surface area contributed by atoms with Gasteiger partial charge in [0.1, 0.15) is 5.78 Å². The van der Waals surface area contributed by atoms with Crippen molar-refractivity contribution in [2.45, 2.75) is 34.1 Å². The van der Waals surface area contributed by atoms with Crippen molar-refractivity contribution in [1.29, 1.82) is 0 Å². The first-order valence-electron chi connectivity index (χ1n) is 4.57. The average molecular weight is 204 g/mol. The van der Waals surface area contributed by atoms with Gasteiger partial charge in [-0.1, -0.05) is 27.7 Å². The number of hydrogen-bond acceptors (Lipinski definition) is 2. The van der Waals surface area contributed by atoms with Crippen LogP contribution in [-0.2, 0) is 15.6 Å². The molecule has 0 saturated carbocycles. The summed E-state index contributed by atoms with van der Waals surface area (Å²) in [6.07, 6.45) is 2.22. The molecule has 0 aromatic rings. The Morgan fingerprint density at radius 1 is 1.38 bits per heavy atom. The predicted octanol–water partition coefficient (Wildman–Crippen LogP) is 2.01. The van der Waals surface area contributed by atoms with Gasteiger partial charge in [0.2, 0.25) is 0 Å². The molecule has 2 nitrogen and oxygen atoms in total. The van der Waals surface area contributed by atoms with Crippen LogP contribution < -0.4 is 0 Å². The maximum Gasteiger partial charge on any atom is 0.138 e. The van der Waals surface area contributed by atoms with E-state index < -0.39 is 10.8 Å². The minimum Gasteiger partial charge on any atom is -0.299 e. The van der Waals surface area contributed by atoms with Crippen molar-refractivity contribution in [3.63, 3.8) is 0 Å². The van der Waals surface area contributed by atoms with Gasteiger partial charge in [-0.15, -0.1) is 0 Å². The molecule has 1 unspecified atom stereocenters. The fourth-order valence-electron chi connectivity index (χ4n) is 1.08. The highest BCUT2D eigenvalue weighted by Crippen LogP contribution is 2.19. The Kier molecular flexibility index (Phi) is 4.82. The number of carbonyl (C=O) groups excluding carboxylic acids is 1. The van der Waals surface area contributed by atoms with Gasteiger partial charge < -0.3 is 0 Å². The molecule has 0 aliphatic rings. The zero-order chi connectivity index (χ0) is 10.6. The monoisotopic (exact) mass is 204 g/mol. The summed E-state index contributed by atoms with van der Waals surface area (Å²) in [6, 6.07) is 0. The lowest BCUT2D eigenvalue weighted by atomic mass is 9.86. The minimum atomic E-state index is -0.791. The lowest BCUT2D eigenvalue weighted by Crippen LogP contribution is -2.23. The molecule has 0 radical (unpaired) electrons. The van der Waals surface area contributed by atoms with Crippen molar-refractivity contribution >= 4 is 16.6 Å². The van der Waals surface area contributed by atoms with E-state index in [1.54, 1.807) is 6.26 Å². The number of ketones is 1. The SMILES string of the molecule is C[C@@H](CC(=O)C(C)(C)C)CS(C)=O. The molecule has 0 aliphatic carbocycles. The fraction of sp³-hybridized carbons (Fsp3) is 0.900. The highest BCUT2D eigenvalue weighted by atomic mass is 32.2. The Balaban J connectivity index is 4.00. The highest BCUT2D eigenvalue weighted by molar-refractivity contribution is 7.84. The predicted molar refractivity (Wildman–Crippen MR) is 57.2 cm³/mol. The Hall–Kier alpha value is -0.180. The van der Waals surface area contributed by atoms with Gasteiger partial charge >= 0.3 is 0 Å². The quantitative estimate of drug-likeness (QED) is 0.702. The Morgan fingerprint density at radius 3 is 2.15 bits per heavy atom. The largest absolute Gasteiger partial charge is 0.299 e. The summed E-state index contributed by atoms with van der Waals surface area (Å²) in [5, 5.41) is 0. The van der Waals surface area contributed by atoms with Crippen LogP contribution in [0.3, 0.4) is 0 Å². The van der Waals surface area contributed by atoms with Gasteiger partial charge in [-0.05, 0) is 5.92 Å². The van der Waals surface area contributed by atoms with Crippen LogP contribution in [0.5, 0.6) is 0 Å². The summed E-state index contributed by atoms with van der Waals surface area (Å²) >= 11 is 0. The van der Waals surface area contributed by atoms with E-state index >= 15 is 0 Å². The van der Waals surface area contributed by atoms with Gasteiger partial charge in [0.25, 0.3) is 0 Å². The molecule has 2 atom stereocenters. The average Bonchev–Trinajstić information content (AvgIpc) is 1.82. The summed E-state index contributed by atoms with van der Waals surface area (Å²) < 4.78 is 10.9. The molecule has 0 saturated heterocycles. The Labute approximate surface area is 83.6 Å². The Morgan fingerprint density at radius 2 is 1.85 bits per heavy atom. The maximum atomic E-state index is 11.6. The van der Waals surface area contributed by atoms with Crippen LogP contribution in [-0.4, -0.2) is 22.0 Å². The normalized spacial score (nSPS) is 16.7. The second-order valence-corrected chi connectivity index (χ2v) is 6.20. The first-order valence-corrected chi connectivity index (χ1v) is 6.29. The van der Waals surface area contributed by atoms with E-state index in [0.29, 0.717) is 12.2 Å². The Bertz CT molecular complexity index is 203. The topological polar surface area (TPSA) is 34.1 Å². The van der Waals surface area contributed by atoms with E-state index in [9.17, 15) is 9.00 Å². The van der Waals surface area contributed by atoms with E-state index in [-0.39, 0.29) is 17.1 Å². The number of hydrogen-bond donors (Lipinski definition) is 0. The van der Waals surface area contributed by atoms with Gasteiger partial charge in [0, 0.05) is 34.6 Å². The number of Topliss-reactive ketones (excluding diaryl/α,β-unsaturated/α-hetero) is 1. The molecular formula is C10H20O2S. The van der Waals surface area contributed by atoms with Gasteiger partial charge in [-0.2, -0.15) is 0 Å². The fourth-order valence-corrected chi connectivity index (χ4v) is 2.00. The van der Waals surface area contributed by atoms with E-state index in [1.807, 2.05) is 27.7 Å². The first kappa shape index (κ1) is 12.8. The van der Waals surface area contributed by atoms with Crippen LogP contribution in [0.25, 0.3) is 0 Å². The summed E-state index contributed by atoms with van der Waals surface area (Å²) in [4.78, 5) is 11.6. The third kappa shape index (κ3) is 5.97. The molecule has 0 aliphatic heterocycles. The van der Waals surface area contributed by atoms with Crippen molar-refractivity contribution < 1.29 is 9.00 Å². The van der Waals surface area contributed by atoms with Crippen molar-refractivity contribution in [1.82, 2.24) is 0 Å². The van der Waals surface area contributed by atoms with Crippen LogP contribution in [0.2, 0.25) is 0 Å². The van der Waals surface area contributed by atoms with E-state index in [4.69, 9.17) is 0 Å². The van der Waals surface area contributed by atoms with Crippen LogP contribution in [0.15, 0.2) is 0 Å². The molecule has 0 aromatic carbocycles. The van der Waals surface area contributed by atoms with Gasteiger partial charge in [0.05, 0.1) is 0 Å². The minimum absolute atomic E-state index is 0.234. The molecule has 0 amide bonds. The zero-order valence-electron chi connectivity index (χ0n) is 9.22. The smallest absolute Gasteiger partial charge is 0.138 e. The molecular weight excluding hydrogens is 184 g/mol. The maximum absolute atomic E-state index is 11.6. The summed E-state index contributed by atoms with van der Waals surface area (Å²) in [5.74, 6) is 1.12. The van der Waals surface area contributed by atoms with Crippen molar-refractivity contribution in [3.05, 3.63) is 0 Å². The molecule has 0 N–H and O–H groups in total. The van der Waals surface area contributed by atoms with Crippen molar-refractivity contribution in [2.75, 3.05) is 12.0 Å². The molecule has 78 valence electrons. The molecule has 0 fully saturated rings. The third-order valence-electron chi connectivity index (χ3n) is 1.89. The summed E-state index contributed by atoms with van der Waals surface area (Å²) in [6.45, 7) is 7.74.